The van der Waals surface area contributed by atoms with E-state index in [9.17, 15) is 0 Å². The van der Waals surface area contributed by atoms with Gasteiger partial charge in [-0.1, -0.05) is 36.4 Å². The quantitative estimate of drug-likeness (QED) is 0.448. The molecule has 0 saturated carbocycles. The standard InChI is InChI=1S/C27H28N4/c1-28-16-30(3)24-13-11-18(20-7-5-9-22(28)26(20)24)15-19-12-14-25-27-21(19)8-6-10-23(27)29(2)17-31(25)4/h5-14H,15-17H2,1-4H3. The van der Waals surface area contributed by atoms with Gasteiger partial charge in [0.1, 0.15) is 0 Å². The number of nitrogens with zero attached hydrogens (tertiary/aromatic N) is 4. The summed E-state index contributed by atoms with van der Waals surface area (Å²) in [5.74, 6) is 0. The molecule has 4 nitrogen and oxygen atoms in total. The Morgan fingerprint density at radius 2 is 0.903 bits per heavy atom. The van der Waals surface area contributed by atoms with Gasteiger partial charge in [-0.2, -0.15) is 0 Å². The van der Waals surface area contributed by atoms with Crippen molar-refractivity contribution in [3.05, 3.63) is 71.8 Å². The molecule has 2 aliphatic heterocycles. The second kappa shape index (κ2) is 6.55. The molecule has 6 rings (SSSR count). The molecule has 0 fully saturated rings. The topological polar surface area (TPSA) is 13.0 Å². The fourth-order valence-corrected chi connectivity index (χ4v) is 5.59. The summed E-state index contributed by atoms with van der Waals surface area (Å²) in [4.78, 5) is 9.36. The van der Waals surface area contributed by atoms with E-state index in [2.05, 4.69) is 108 Å². The van der Waals surface area contributed by atoms with Gasteiger partial charge < -0.3 is 19.6 Å². The van der Waals surface area contributed by atoms with Crippen molar-refractivity contribution >= 4 is 44.3 Å². The lowest BCUT2D eigenvalue weighted by Gasteiger charge is -2.36. The first kappa shape index (κ1) is 18.4. The van der Waals surface area contributed by atoms with Crippen LogP contribution in [-0.2, 0) is 6.42 Å². The molecule has 0 N–H and O–H groups in total. The van der Waals surface area contributed by atoms with Crippen molar-refractivity contribution in [3.63, 3.8) is 0 Å². The largest absolute Gasteiger partial charge is 0.356 e. The van der Waals surface area contributed by atoms with E-state index in [4.69, 9.17) is 0 Å². The van der Waals surface area contributed by atoms with Crippen LogP contribution in [0.15, 0.2) is 60.7 Å². The minimum absolute atomic E-state index is 0.918. The summed E-state index contributed by atoms with van der Waals surface area (Å²) in [6.45, 7) is 1.84. The molecule has 0 atom stereocenters. The van der Waals surface area contributed by atoms with Gasteiger partial charge in [-0.3, -0.25) is 0 Å². The molecular formula is C27H28N4. The van der Waals surface area contributed by atoms with Crippen LogP contribution in [0.3, 0.4) is 0 Å². The molecule has 0 amide bonds. The summed E-state index contributed by atoms with van der Waals surface area (Å²) in [7, 11) is 8.72. The van der Waals surface area contributed by atoms with Gasteiger partial charge in [0.25, 0.3) is 0 Å². The maximum Gasteiger partial charge on any atom is 0.0897 e. The van der Waals surface area contributed by atoms with Crippen LogP contribution in [0.4, 0.5) is 22.7 Å². The molecule has 0 spiro atoms. The summed E-state index contributed by atoms with van der Waals surface area (Å²) in [6, 6.07) is 22.8. The average Bonchev–Trinajstić information content (AvgIpc) is 2.77. The molecule has 0 radical (unpaired) electrons. The van der Waals surface area contributed by atoms with Gasteiger partial charge >= 0.3 is 0 Å². The molecule has 0 unspecified atom stereocenters. The Labute approximate surface area is 183 Å². The minimum atomic E-state index is 0.918. The highest BCUT2D eigenvalue weighted by Gasteiger charge is 2.23. The van der Waals surface area contributed by atoms with Crippen molar-refractivity contribution in [1.29, 1.82) is 0 Å². The van der Waals surface area contributed by atoms with Gasteiger partial charge in [-0.25, -0.2) is 0 Å². The van der Waals surface area contributed by atoms with Crippen LogP contribution >= 0.6 is 0 Å². The summed E-state index contributed by atoms with van der Waals surface area (Å²) < 4.78 is 0. The highest BCUT2D eigenvalue weighted by Crippen LogP contribution is 2.42. The number of hydrogen-bond acceptors (Lipinski definition) is 4. The lowest BCUT2D eigenvalue weighted by molar-refractivity contribution is 0.846. The first-order chi connectivity index (χ1) is 15.0. The minimum Gasteiger partial charge on any atom is -0.356 e. The fraction of sp³-hybridized carbons (Fsp3) is 0.259. The van der Waals surface area contributed by atoms with Gasteiger partial charge in [0.15, 0.2) is 0 Å². The second-order valence-electron chi connectivity index (χ2n) is 9.14. The van der Waals surface area contributed by atoms with Crippen molar-refractivity contribution in [1.82, 2.24) is 0 Å². The summed E-state index contributed by atoms with van der Waals surface area (Å²) in [5.41, 5.74) is 8.09. The van der Waals surface area contributed by atoms with Gasteiger partial charge in [-0.15, -0.1) is 0 Å². The highest BCUT2D eigenvalue weighted by atomic mass is 15.3. The SMILES string of the molecule is CN1CN(C)c2ccc(Cc3ccc4c5c(cccc35)N(C)CN4C)c3cccc1c23. The van der Waals surface area contributed by atoms with Crippen LogP contribution in [0, 0.1) is 0 Å². The molecule has 0 saturated heterocycles. The molecule has 4 aromatic carbocycles. The molecule has 2 heterocycles. The molecule has 0 aliphatic carbocycles. The Kier molecular flexibility index (Phi) is 3.88. The van der Waals surface area contributed by atoms with E-state index in [0.717, 1.165) is 19.8 Å². The smallest absolute Gasteiger partial charge is 0.0897 e. The average molecular weight is 409 g/mol. The molecule has 0 bridgehead atoms. The molecular weight excluding hydrogens is 380 g/mol. The predicted molar refractivity (Wildman–Crippen MR) is 134 cm³/mol. The molecule has 2 aliphatic rings. The van der Waals surface area contributed by atoms with Crippen LogP contribution in [0.5, 0.6) is 0 Å². The van der Waals surface area contributed by atoms with Crippen molar-refractivity contribution < 1.29 is 0 Å². The predicted octanol–water partition coefficient (Wildman–Crippen LogP) is 5.27. The van der Waals surface area contributed by atoms with Crippen molar-refractivity contribution in [2.24, 2.45) is 0 Å². The second-order valence-corrected chi connectivity index (χ2v) is 9.14. The Bertz CT molecular complexity index is 1210. The summed E-state index contributed by atoms with van der Waals surface area (Å²) >= 11 is 0. The maximum absolute atomic E-state index is 2.34. The molecule has 156 valence electrons. The van der Waals surface area contributed by atoms with Crippen LogP contribution in [0.2, 0.25) is 0 Å². The first-order valence-electron chi connectivity index (χ1n) is 11.0. The molecule has 4 heteroatoms. The van der Waals surface area contributed by atoms with E-state index in [1.54, 1.807) is 0 Å². The van der Waals surface area contributed by atoms with Crippen LogP contribution < -0.4 is 19.6 Å². The lowest BCUT2D eigenvalue weighted by Crippen LogP contribution is -2.36. The van der Waals surface area contributed by atoms with Gasteiger partial charge in [-0.05, 0) is 52.6 Å². The van der Waals surface area contributed by atoms with E-state index in [0.29, 0.717) is 0 Å². The zero-order chi connectivity index (χ0) is 21.3. The van der Waals surface area contributed by atoms with Gasteiger partial charge in [0, 0.05) is 61.7 Å². The fourth-order valence-electron chi connectivity index (χ4n) is 5.59. The third-order valence-corrected chi connectivity index (χ3v) is 7.05. The van der Waals surface area contributed by atoms with E-state index < -0.39 is 0 Å². The third kappa shape index (κ3) is 2.61. The number of rotatable bonds is 2. The maximum atomic E-state index is 2.34. The van der Waals surface area contributed by atoms with E-state index in [1.807, 2.05) is 0 Å². The van der Waals surface area contributed by atoms with E-state index in [-0.39, 0.29) is 0 Å². The van der Waals surface area contributed by atoms with Crippen LogP contribution in [-0.4, -0.2) is 41.5 Å². The van der Waals surface area contributed by atoms with Crippen LogP contribution in [0.25, 0.3) is 21.5 Å². The lowest BCUT2D eigenvalue weighted by atomic mass is 9.91. The molecule has 0 aromatic heterocycles. The molecule has 31 heavy (non-hydrogen) atoms. The van der Waals surface area contributed by atoms with Crippen molar-refractivity contribution in [2.75, 3.05) is 61.1 Å². The van der Waals surface area contributed by atoms with Gasteiger partial charge in [0.05, 0.1) is 13.3 Å². The monoisotopic (exact) mass is 408 g/mol. The van der Waals surface area contributed by atoms with Crippen LogP contribution in [0.1, 0.15) is 11.1 Å². The normalized spacial score (nSPS) is 15.4. The van der Waals surface area contributed by atoms with E-state index in [1.165, 1.54) is 55.4 Å². The summed E-state index contributed by atoms with van der Waals surface area (Å²) in [6.07, 6.45) is 0.932. The molecule has 4 aromatic rings. The first-order valence-corrected chi connectivity index (χ1v) is 11.0. The summed E-state index contributed by atoms with van der Waals surface area (Å²) in [5, 5.41) is 5.48. The van der Waals surface area contributed by atoms with Crippen molar-refractivity contribution in [3.8, 4) is 0 Å². The number of benzene rings is 4. The Morgan fingerprint density at radius 1 is 0.516 bits per heavy atom. The highest BCUT2D eigenvalue weighted by molar-refractivity contribution is 6.08. The zero-order valence-corrected chi connectivity index (χ0v) is 18.7. The third-order valence-electron chi connectivity index (χ3n) is 7.05. The van der Waals surface area contributed by atoms with Gasteiger partial charge in [0.2, 0.25) is 0 Å². The Morgan fingerprint density at radius 3 is 1.32 bits per heavy atom. The zero-order valence-electron chi connectivity index (χ0n) is 18.7. The Balaban J connectivity index is 1.54. The van der Waals surface area contributed by atoms with Crippen molar-refractivity contribution in [2.45, 2.75) is 6.42 Å². The van der Waals surface area contributed by atoms with E-state index >= 15 is 0 Å². The Hall–Kier alpha value is -3.40. The number of hydrogen-bond donors (Lipinski definition) is 0. The number of anilines is 4.